The zero-order valence-electron chi connectivity index (χ0n) is 19.9. The van der Waals surface area contributed by atoms with Crippen LogP contribution in [0.3, 0.4) is 0 Å². The molecule has 11 heteroatoms. The number of hydrogen-bond acceptors (Lipinski definition) is 9. The Morgan fingerprint density at radius 1 is 0.906 bits per heavy atom. The zero-order chi connectivity index (χ0) is 24.6. The Morgan fingerprint density at radius 3 is 1.72 bits per heavy atom. The first-order chi connectivity index (χ1) is 15.3. The van der Waals surface area contributed by atoms with Crippen molar-refractivity contribution in [3.63, 3.8) is 0 Å². The van der Waals surface area contributed by atoms with Crippen LogP contribution in [0, 0.1) is 11.8 Å². The van der Waals surface area contributed by atoms with Crippen molar-refractivity contribution >= 4 is 18.5 Å². The molecule has 0 bridgehead atoms. The zero-order valence-corrected chi connectivity index (χ0v) is 19.9. The van der Waals surface area contributed by atoms with Crippen LogP contribution in [0.1, 0.15) is 39.5 Å². The quantitative estimate of drug-likeness (QED) is 0.154. The number of alkyl carbamates (subject to hydrolysis) is 2. The molecule has 0 aromatic rings. The van der Waals surface area contributed by atoms with Crippen molar-refractivity contribution in [1.29, 1.82) is 0 Å². The lowest BCUT2D eigenvalue weighted by Gasteiger charge is -2.19. The number of rotatable bonds is 17. The molecule has 0 aliphatic rings. The van der Waals surface area contributed by atoms with E-state index in [1.54, 1.807) is 0 Å². The highest BCUT2D eigenvalue weighted by molar-refractivity contribution is 5.67. The first-order valence-corrected chi connectivity index (χ1v) is 11.0. The summed E-state index contributed by atoms with van der Waals surface area (Å²) >= 11 is 0. The van der Waals surface area contributed by atoms with Gasteiger partial charge in [0.25, 0.3) is 0 Å². The van der Waals surface area contributed by atoms with Gasteiger partial charge in [-0.15, -0.1) is 0 Å². The van der Waals surface area contributed by atoms with Gasteiger partial charge in [0.2, 0.25) is 0 Å². The Balaban J connectivity index is 0. The van der Waals surface area contributed by atoms with Crippen molar-refractivity contribution in [3.05, 3.63) is 0 Å². The van der Waals surface area contributed by atoms with Gasteiger partial charge in [-0.1, -0.05) is 13.8 Å². The molecule has 0 fully saturated rings. The molecule has 0 spiro atoms. The Kier molecular flexibility index (Phi) is 23.9. The van der Waals surface area contributed by atoms with Crippen LogP contribution in [0.25, 0.3) is 0 Å². The Morgan fingerprint density at radius 2 is 1.34 bits per heavy atom. The molecule has 2 amide bonds. The number of carbonyl (C=O) groups is 3. The van der Waals surface area contributed by atoms with Crippen molar-refractivity contribution in [1.82, 2.24) is 16.0 Å². The highest BCUT2D eigenvalue weighted by atomic mass is 16.6. The van der Waals surface area contributed by atoms with Gasteiger partial charge in [-0.25, -0.2) is 9.59 Å². The Labute approximate surface area is 191 Å². The summed E-state index contributed by atoms with van der Waals surface area (Å²) in [5.74, 6) is 0.228. The van der Waals surface area contributed by atoms with Crippen molar-refractivity contribution in [2.24, 2.45) is 11.8 Å². The van der Waals surface area contributed by atoms with E-state index in [0.717, 1.165) is 6.29 Å². The fourth-order valence-corrected chi connectivity index (χ4v) is 2.16. The number of ether oxygens (including phenoxy) is 3. The maximum atomic E-state index is 11.8. The Hall–Kier alpha value is -1.95. The van der Waals surface area contributed by atoms with Gasteiger partial charge in [-0.3, -0.25) is 0 Å². The number of aldehydes is 1. The van der Waals surface area contributed by atoms with Gasteiger partial charge in [0.1, 0.15) is 25.6 Å². The van der Waals surface area contributed by atoms with E-state index in [1.807, 2.05) is 27.9 Å². The fraction of sp³-hybridized carbons (Fsp3) is 0.857. The molecule has 0 aliphatic carbocycles. The van der Waals surface area contributed by atoms with E-state index in [4.69, 9.17) is 24.4 Å². The number of aliphatic hydroxyl groups is 2. The number of unbranched alkanes of at least 4 members (excludes halogenated alkanes) is 1. The van der Waals surface area contributed by atoms with E-state index in [9.17, 15) is 14.4 Å². The van der Waals surface area contributed by atoms with Crippen molar-refractivity contribution < 1.29 is 38.8 Å². The molecule has 0 saturated carbocycles. The molecule has 32 heavy (non-hydrogen) atoms. The molecule has 0 radical (unpaired) electrons. The minimum absolute atomic E-state index is 0.0484. The summed E-state index contributed by atoms with van der Waals surface area (Å²) in [7, 11) is 3.75. The maximum Gasteiger partial charge on any atom is 0.407 e. The molecule has 190 valence electrons. The third-order valence-electron chi connectivity index (χ3n) is 4.05. The second kappa shape index (κ2) is 23.7. The molecule has 0 saturated heterocycles. The lowest BCUT2D eigenvalue weighted by Crippen LogP contribution is -2.36. The lowest BCUT2D eigenvalue weighted by atomic mass is 10.1. The minimum Gasteiger partial charge on any atom is -0.447 e. The van der Waals surface area contributed by atoms with E-state index in [2.05, 4.69) is 16.0 Å². The third kappa shape index (κ3) is 22.7. The van der Waals surface area contributed by atoms with E-state index in [0.29, 0.717) is 38.8 Å². The molecule has 0 heterocycles. The van der Waals surface area contributed by atoms with Crippen molar-refractivity contribution in [2.45, 2.75) is 45.6 Å². The minimum atomic E-state index is -0.664. The highest BCUT2D eigenvalue weighted by Gasteiger charge is 2.16. The van der Waals surface area contributed by atoms with E-state index >= 15 is 0 Å². The normalized spacial score (nSPS) is 13.1. The van der Waals surface area contributed by atoms with Crippen molar-refractivity contribution in [2.75, 3.05) is 60.2 Å². The number of amides is 2. The molecular formula is C21H43N3O8. The predicted octanol–water partition coefficient (Wildman–Crippen LogP) is 0.676. The average molecular weight is 466 g/mol. The van der Waals surface area contributed by atoms with Crippen LogP contribution in [0.15, 0.2) is 0 Å². The summed E-state index contributed by atoms with van der Waals surface area (Å²) in [5.41, 5.74) is 0. The average Bonchev–Trinajstić information content (AvgIpc) is 2.76. The van der Waals surface area contributed by atoms with Crippen LogP contribution in [0.4, 0.5) is 9.59 Å². The van der Waals surface area contributed by atoms with Gasteiger partial charge in [0, 0.05) is 39.3 Å². The van der Waals surface area contributed by atoms with Crippen molar-refractivity contribution in [3.8, 4) is 0 Å². The smallest absolute Gasteiger partial charge is 0.407 e. The van der Waals surface area contributed by atoms with E-state index < -0.39 is 18.3 Å². The van der Waals surface area contributed by atoms with Crippen LogP contribution in [0.2, 0.25) is 0 Å². The number of carbonyl (C=O) groups excluding carboxylic acids is 3. The molecule has 11 nitrogen and oxygen atoms in total. The first-order valence-electron chi connectivity index (χ1n) is 11.0. The van der Waals surface area contributed by atoms with E-state index in [-0.39, 0.29) is 44.9 Å². The van der Waals surface area contributed by atoms with Gasteiger partial charge < -0.3 is 45.2 Å². The summed E-state index contributed by atoms with van der Waals surface area (Å²) in [5, 5.41) is 25.7. The summed E-state index contributed by atoms with van der Waals surface area (Å²) in [6.07, 6.45) is 0.870. The molecular weight excluding hydrogens is 422 g/mol. The predicted molar refractivity (Wildman–Crippen MR) is 120 cm³/mol. The monoisotopic (exact) mass is 465 g/mol. The standard InChI is InChI=1S/C19H36N2O8.C2H7N/c1-15(5-8-23)11-20-18(25)28-13-17(27-10-4-3-7-22)14-29-19(26)21-12-16(2)6-9-24;1-3-2/h7,15-17,23-24H,3-6,8-14H2,1-2H3,(H,20,25)(H,21,26);3H,1-2H3. The molecule has 0 aliphatic heterocycles. The van der Waals surface area contributed by atoms with E-state index in [1.165, 1.54) is 0 Å². The second-order valence-electron chi connectivity index (χ2n) is 7.50. The van der Waals surface area contributed by atoms with Crippen LogP contribution in [-0.4, -0.2) is 95.0 Å². The van der Waals surface area contributed by atoms with Gasteiger partial charge in [0.15, 0.2) is 0 Å². The summed E-state index contributed by atoms with van der Waals surface area (Å²) in [6.45, 7) is 4.65. The van der Waals surface area contributed by atoms with Crippen LogP contribution in [0.5, 0.6) is 0 Å². The number of aliphatic hydroxyl groups excluding tert-OH is 2. The molecule has 0 aromatic heterocycles. The van der Waals surface area contributed by atoms with Gasteiger partial charge >= 0.3 is 12.2 Å². The number of hydrogen-bond donors (Lipinski definition) is 5. The molecule has 2 atom stereocenters. The molecule has 5 N–H and O–H groups in total. The molecule has 2 unspecified atom stereocenters. The second-order valence-corrected chi connectivity index (χ2v) is 7.50. The first kappa shape index (κ1) is 32.2. The largest absolute Gasteiger partial charge is 0.447 e. The highest BCUT2D eigenvalue weighted by Crippen LogP contribution is 2.02. The van der Waals surface area contributed by atoms with Gasteiger partial charge in [0.05, 0.1) is 0 Å². The van der Waals surface area contributed by atoms with Crippen LogP contribution < -0.4 is 16.0 Å². The fourth-order valence-electron chi connectivity index (χ4n) is 2.16. The Bertz CT molecular complexity index is 436. The lowest BCUT2D eigenvalue weighted by molar-refractivity contribution is -0.108. The van der Waals surface area contributed by atoms with Gasteiger partial charge in [-0.05, 0) is 45.2 Å². The maximum absolute atomic E-state index is 11.8. The number of nitrogens with one attached hydrogen (secondary N) is 3. The summed E-state index contributed by atoms with van der Waals surface area (Å²) in [6, 6.07) is 0. The SMILES string of the molecule is CC(CCO)CNC(=O)OCC(COC(=O)NCC(C)CCO)OCCCC=O.CNC. The van der Waals surface area contributed by atoms with Crippen LogP contribution in [-0.2, 0) is 19.0 Å². The molecule has 0 aromatic carbocycles. The van der Waals surface area contributed by atoms with Crippen LogP contribution >= 0.6 is 0 Å². The summed E-state index contributed by atoms with van der Waals surface area (Å²) < 4.78 is 15.7. The summed E-state index contributed by atoms with van der Waals surface area (Å²) in [4.78, 5) is 33.9. The van der Waals surface area contributed by atoms with Gasteiger partial charge in [-0.2, -0.15) is 0 Å². The third-order valence-corrected chi connectivity index (χ3v) is 4.05. The topological polar surface area (TPSA) is 155 Å². The molecule has 0 rings (SSSR count).